The molecule has 0 atom stereocenters. The number of nitrogens with one attached hydrogen (secondary N) is 2. The van der Waals surface area contributed by atoms with E-state index in [0.717, 1.165) is 10.9 Å². The highest BCUT2D eigenvalue weighted by Crippen LogP contribution is 2.17. The fourth-order valence-electron chi connectivity index (χ4n) is 2.27. The minimum Gasteiger partial charge on any atom is -0.326 e. The molecule has 0 radical (unpaired) electrons. The minimum atomic E-state index is -0.296. The van der Waals surface area contributed by atoms with Gasteiger partial charge in [-0.1, -0.05) is 30.3 Å². The Morgan fingerprint density at radius 3 is 2.39 bits per heavy atom. The molecule has 0 spiro atoms. The molecule has 0 aliphatic carbocycles. The average Bonchev–Trinajstić information content (AvgIpc) is 2.54. The van der Waals surface area contributed by atoms with Crippen molar-refractivity contribution in [3.8, 4) is 0 Å². The summed E-state index contributed by atoms with van der Waals surface area (Å²) >= 11 is 0. The van der Waals surface area contributed by atoms with Crippen molar-refractivity contribution in [1.29, 1.82) is 0 Å². The summed E-state index contributed by atoms with van der Waals surface area (Å²) in [5.74, 6) is -0.458. The Kier molecular flexibility index (Phi) is 4.01. The molecular weight excluding hydrogens is 290 g/mol. The van der Waals surface area contributed by atoms with E-state index in [9.17, 15) is 9.59 Å². The lowest BCUT2D eigenvalue weighted by Crippen LogP contribution is -2.14. The number of hydrogen-bond acceptors (Lipinski definition) is 3. The van der Waals surface area contributed by atoms with Crippen molar-refractivity contribution in [2.24, 2.45) is 0 Å². The Morgan fingerprint density at radius 2 is 1.61 bits per heavy atom. The van der Waals surface area contributed by atoms with Crippen LogP contribution in [0.3, 0.4) is 0 Å². The largest absolute Gasteiger partial charge is 0.326 e. The molecular formula is C18H15N3O2. The van der Waals surface area contributed by atoms with Gasteiger partial charge in [-0.25, -0.2) is 4.98 Å². The second-order valence-corrected chi connectivity index (χ2v) is 5.11. The summed E-state index contributed by atoms with van der Waals surface area (Å²) in [4.78, 5) is 27.8. The number of pyridine rings is 1. The van der Waals surface area contributed by atoms with Crippen LogP contribution in [-0.4, -0.2) is 16.8 Å². The number of aromatic nitrogens is 1. The Bertz CT molecular complexity index is 890. The second-order valence-electron chi connectivity index (χ2n) is 5.11. The van der Waals surface area contributed by atoms with Gasteiger partial charge in [-0.05, 0) is 30.3 Å². The van der Waals surface area contributed by atoms with Crippen LogP contribution in [0.15, 0.2) is 60.7 Å². The van der Waals surface area contributed by atoms with Crippen LogP contribution in [0.5, 0.6) is 0 Å². The zero-order valence-corrected chi connectivity index (χ0v) is 12.5. The normalized spacial score (nSPS) is 10.3. The predicted molar refractivity (Wildman–Crippen MR) is 90.4 cm³/mol. The molecule has 0 saturated carbocycles. The van der Waals surface area contributed by atoms with Crippen molar-refractivity contribution in [2.75, 3.05) is 10.6 Å². The predicted octanol–water partition coefficient (Wildman–Crippen LogP) is 3.45. The molecule has 2 N–H and O–H groups in total. The van der Waals surface area contributed by atoms with Crippen molar-refractivity contribution >= 4 is 34.1 Å². The SMILES string of the molecule is CC(=O)Nc1cccc(NC(=O)c2ccc3ccccc3n2)c1. The van der Waals surface area contributed by atoms with E-state index in [1.165, 1.54) is 6.92 Å². The van der Waals surface area contributed by atoms with Gasteiger partial charge in [0.1, 0.15) is 5.69 Å². The Balaban J connectivity index is 1.81. The van der Waals surface area contributed by atoms with E-state index in [-0.39, 0.29) is 11.8 Å². The van der Waals surface area contributed by atoms with E-state index >= 15 is 0 Å². The van der Waals surface area contributed by atoms with Gasteiger partial charge in [-0.2, -0.15) is 0 Å². The van der Waals surface area contributed by atoms with Gasteiger partial charge < -0.3 is 10.6 Å². The zero-order chi connectivity index (χ0) is 16.2. The molecule has 2 aromatic carbocycles. The van der Waals surface area contributed by atoms with Crippen LogP contribution < -0.4 is 10.6 Å². The first-order chi connectivity index (χ1) is 11.1. The van der Waals surface area contributed by atoms with Crippen LogP contribution in [-0.2, 0) is 4.79 Å². The quantitative estimate of drug-likeness (QED) is 0.778. The van der Waals surface area contributed by atoms with Gasteiger partial charge in [0.15, 0.2) is 0 Å². The number of rotatable bonds is 3. The number of amides is 2. The fourth-order valence-corrected chi connectivity index (χ4v) is 2.27. The van der Waals surface area contributed by atoms with Gasteiger partial charge >= 0.3 is 0 Å². The molecule has 1 aromatic heterocycles. The van der Waals surface area contributed by atoms with E-state index in [1.54, 1.807) is 30.3 Å². The number of hydrogen-bond donors (Lipinski definition) is 2. The first kappa shape index (κ1) is 14.7. The van der Waals surface area contributed by atoms with E-state index in [0.29, 0.717) is 17.1 Å². The molecule has 2 amide bonds. The van der Waals surface area contributed by atoms with Crippen molar-refractivity contribution in [2.45, 2.75) is 6.92 Å². The molecule has 5 heteroatoms. The topological polar surface area (TPSA) is 71.1 Å². The van der Waals surface area contributed by atoms with Crippen LogP contribution in [0.2, 0.25) is 0 Å². The Morgan fingerprint density at radius 1 is 0.870 bits per heavy atom. The lowest BCUT2D eigenvalue weighted by Gasteiger charge is -2.08. The molecule has 0 saturated heterocycles. The summed E-state index contributed by atoms with van der Waals surface area (Å²) in [6.07, 6.45) is 0. The van der Waals surface area contributed by atoms with Crippen LogP contribution >= 0.6 is 0 Å². The molecule has 0 aliphatic heterocycles. The summed E-state index contributed by atoms with van der Waals surface area (Å²) in [5.41, 5.74) is 2.33. The number of para-hydroxylation sites is 1. The van der Waals surface area contributed by atoms with Crippen LogP contribution in [0.4, 0.5) is 11.4 Å². The number of carbonyl (C=O) groups is 2. The first-order valence-electron chi connectivity index (χ1n) is 7.16. The molecule has 0 unspecified atom stereocenters. The molecule has 23 heavy (non-hydrogen) atoms. The monoisotopic (exact) mass is 305 g/mol. The van der Waals surface area contributed by atoms with Crippen molar-refractivity contribution in [3.63, 3.8) is 0 Å². The summed E-state index contributed by atoms with van der Waals surface area (Å²) < 4.78 is 0. The van der Waals surface area contributed by atoms with Crippen LogP contribution in [0.25, 0.3) is 10.9 Å². The van der Waals surface area contributed by atoms with Crippen molar-refractivity contribution < 1.29 is 9.59 Å². The smallest absolute Gasteiger partial charge is 0.274 e. The van der Waals surface area contributed by atoms with Gasteiger partial charge in [0.05, 0.1) is 5.52 Å². The molecule has 0 bridgehead atoms. The third-order valence-electron chi connectivity index (χ3n) is 3.27. The highest BCUT2D eigenvalue weighted by Gasteiger charge is 2.09. The van der Waals surface area contributed by atoms with E-state index in [2.05, 4.69) is 15.6 Å². The van der Waals surface area contributed by atoms with Gasteiger partial charge in [-0.3, -0.25) is 9.59 Å². The fraction of sp³-hybridized carbons (Fsp3) is 0.0556. The van der Waals surface area contributed by atoms with Crippen LogP contribution in [0.1, 0.15) is 17.4 Å². The van der Waals surface area contributed by atoms with Gasteiger partial charge in [0, 0.05) is 23.7 Å². The first-order valence-corrected chi connectivity index (χ1v) is 7.16. The van der Waals surface area contributed by atoms with Gasteiger partial charge in [-0.15, -0.1) is 0 Å². The molecule has 5 nitrogen and oxygen atoms in total. The molecule has 0 aliphatic rings. The molecule has 3 rings (SSSR count). The maximum absolute atomic E-state index is 12.3. The van der Waals surface area contributed by atoms with Crippen LogP contribution in [0, 0.1) is 0 Å². The summed E-state index contributed by atoms with van der Waals surface area (Å²) in [5, 5.41) is 6.44. The molecule has 114 valence electrons. The third-order valence-corrected chi connectivity index (χ3v) is 3.27. The molecule has 3 aromatic rings. The maximum atomic E-state index is 12.3. The zero-order valence-electron chi connectivity index (χ0n) is 12.5. The number of anilines is 2. The molecule has 1 heterocycles. The van der Waals surface area contributed by atoms with E-state index < -0.39 is 0 Å². The van der Waals surface area contributed by atoms with Crippen molar-refractivity contribution in [3.05, 3.63) is 66.4 Å². The average molecular weight is 305 g/mol. The number of fused-ring (bicyclic) bond motifs is 1. The second kappa shape index (κ2) is 6.27. The maximum Gasteiger partial charge on any atom is 0.274 e. The molecule has 0 fully saturated rings. The Labute approximate surface area is 133 Å². The van der Waals surface area contributed by atoms with Crippen molar-refractivity contribution in [1.82, 2.24) is 4.98 Å². The highest BCUT2D eigenvalue weighted by atomic mass is 16.2. The lowest BCUT2D eigenvalue weighted by atomic mass is 10.2. The lowest BCUT2D eigenvalue weighted by molar-refractivity contribution is -0.114. The summed E-state index contributed by atoms with van der Waals surface area (Å²) in [6, 6.07) is 18.1. The number of nitrogens with zero attached hydrogens (tertiary/aromatic N) is 1. The number of benzene rings is 2. The standard InChI is InChI=1S/C18H15N3O2/c1-12(22)19-14-6-4-7-15(11-14)20-18(23)17-10-9-13-5-2-3-8-16(13)21-17/h2-11H,1H3,(H,19,22)(H,20,23). The van der Waals surface area contributed by atoms with E-state index in [4.69, 9.17) is 0 Å². The summed E-state index contributed by atoms with van der Waals surface area (Å²) in [7, 11) is 0. The minimum absolute atomic E-state index is 0.162. The Hall–Kier alpha value is -3.21. The third kappa shape index (κ3) is 3.52. The van der Waals surface area contributed by atoms with Gasteiger partial charge in [0.2, 0.25) is 5.91 Å². The highest BCUT2D eigenvalue weighted by molar-refractivity contribution is 6.04. The van der Waals surface area contributed by atoms with E-state index in [1.807, 2.05) is 30.3 Å². The van der Waals surface area contributed by atoms with Gasteiger partial charge in [0.25, 0.3) is 5.91 Å². The number of carbonyl (C=O) groups excluding carboxylic acids is 2. The summed E-state index contributed by atoms with van der Waals surface area (Å²) in [6.45, 7) is 1.43.